The normalized spacial score (nSPS) is 16.2. The van der Waals surface area contributed by atoms with Gasteiger partial charge in [-0.25, -0.2) is 4.98 Å². The summed E-state index contributed by atoms with van der Waals surface area (Å²) in [5, 5.41) is 11.5. The topological polar surface area (TPSA) is 77.6 Å². The smallest absolute Gasteiger partial charge is 0.244 e. The van der Waals surface area contributed by atoms with Crippen LogP contribution in [-0.4, -0.2) is 30.2 Å². The number of fused-ring (bicyclic) bond motifs is 1. The number of amides is 1. The Hall–Kier alpha value is -2.96. The molecule has 7 nitrogen and oxygen atoms in total. The molecule has 4 rings (SSSR count). The highest BCUT2D eigenvalue weighted by atomic mass is 16.1. The molecule has 28 heavy (non-hydrogen) atoms. The summed E-state index contributed by atoms with van der Waals surface area (Å²) in [5.74, 6) is 3.59. The first-order chi connectivity index (χ1) is 13.5. The van der Waals surface area contributed by atoms with Gasteiger partial charge in [-0.3, -0.25) is 4.79 Å². The monoisotopic (exact) mass is 378 g/mol. The second kappa shape index (κ2) is 7.58. The standard InChI is InChI=1S/C21H26N6O/c1-14(2)21-22-9-10-26(21)13-20(28)23-18-6-4-5-16(11-18)17-7-8-19-25-24-15(3)27(19)12-17/h4-6,9-11,14,17H,7-8,12-13H2,1-3H3,(H,23,28). The van der Waals surface area contributed by atoms with Crippen LogP contribution >= 0.6 is 0 Å². The van der Waals surface area contributed by atoms with Crippen molar-refractivity contribution >= 4 is 11.6 Å². The summed E-state index contributed by atoms with van der Waals surface area (Å²) >= 11 is 0. The van der Waals surface area contributed by atoms with Gasteiger partial charge in [-0.2, -0.15) is 0 Å². The first kappa shape index (κ1) is 18.4. The van der Waals surface area contributed by atoms with Crippen molar-refractivity contribution < 1.29 is 4.79 Å². The third kappa shape index (κ3) is 3.69. The van der Waals surface area contributed by atoms with E-state index in [0.717, 1.165) is 42.5 Å². The number of aromatic nitrogens is 5. The van der Waals surface area contributed by atoms with Crippen LogP contribution in [0.5, 0.6) is 0 Å². The molecule has 0 saturated heterocycles. The van der Waals surface area contributed by atoms with Gasteiger partial charge in [0.25, 0.3) is 0 Å². The molecule has 146 valence electrons. The Balaban J connectivity index is 1.45. The summed E-state index contributed by atoms with van der Waals surface area (Å²) < 4.78 is 4.10. The van der Waals surface area contributed by atoms with E-state index in [9.17, 15) is 4.79 Å². The van der Waals surface area contributed by atoms with E-state index in [1.165, 1.54) is 5.56 Å². The van der Waals surface area contributed by atoms with Crippen LogP contribution in [-0.2, 0) is 24.3 Å². The molecule has 1 aliphatic heterocycles. The van der Waals surface area contributed by atoms with Gasteiger partial charge in [0, 0.05) is 42.9 Å². The van der Waals surface area contributed by atoms with Crippen molar-refractivity contribution in [3.8, 4) is 0 Å². The van der Waals surface area contributed by atoms with Crippen molar-refractivity contribution in [2.24, 2.45) is 0 Å². The Morgan fingerprint density at radius 1 is 1.32 bits per heavy atom. The first-order valence-electron chi connectivity index (χ1n) is 9.80. The lowest BCUT2D eigenvalue weighted by molar-refractivity contribution is -0.116. The van der Waals surface area contributed by atoms with Crippen molar-refractivity contribution in [2.75, 3.05) is 5.32 Å². The molecule has 1 aliphatic rings. The number of benzene rings is 1. The SMILES string of the molecule is Cc1nnc2n1CC(c1cccc(NC(=O)Cn3ccnc3C(C)C)c1)CC2. The van der Waals surface area contributed by atoms with Crippen molar-refractivity contribution in [1.29, 1.82) is 0 Å². The highest BCUT2D eigenvalue weighted by Gasteiger charge is 2.23. The molecule has 7 heteroatoms. The maximum absolute atomic E-state index is 12.5. The second-order valence-corrected chi connectivity index (χ2v) is 7.75. The van der Waals surface area contributed by atoms with Gasteiger partial charge in [0.15, 0.2) is 0 Å². The van der Waals surface area contributed by atoms with Gasteiger partial charge in [-0.15, -0.1) is 10.2 Å². The summed E-state index contributed by atoms with van der Waals surface area (Å²) in [6.45, 7) is 7.31. The molecular weight excluding hydrogens is 352 g/mol. The van der Waals surface area contributed by atoms with Gasteiger partial charge in [-0.1, -0.05) is 26.0 Å². The molecule has 0 saturated carbocycles. The molecule has 1 atom stereocenters. The minimum atomic E-state index is -0.0439. The maximum Gasteiger partial charge on any atom is 0.244 e. The van der Waals surface area contributed by atoms with Gasteiger partial charge in [0.2, 0.25) is 5.91 Å². The van der Waals surface area contributed by atoms with E-state index in [2.05, 4.69) is 51.0 Å². The van der Waals surface area contributed by atoms with Crippen molar-refractivity contribution in [3.05, 3.63) is 59.7 Å². The number of aryl methyl sites for hydroxylation is 2. The molecular formula is C21H26N6O. The zero-order chi connectivity index (χ0) is 19.7. The van der Waals surface area contributed by atoms with E-state index in [4.69, 9.17) is 0 Å². The van der Waals surface area contributed by atoms with Gasteiger partial charge < -0.3 is 14.5 Å². The summed E-state index contributed by atoms with van der Waals surface area (Å²) in [4.78, 5) is 16.9. The van der Waals surface area contributed by atoms with E-state index in [1.807, 2.05) is 29.8 Å². The Morgan fingerprint density at radius 2 is 2.18 bits per heavy atom. The van der Waals surface area contributed by atoms with Gasteiger partial charge in [-0.05, 0) is 31.0 Å². The van der Waals surface area contributed by atoms with Gasteiger partial charge in [0.05, 0.1) is 0 Å². The molecule has 1 N–H and O–H groups in total. The van der Waals surface area contributed by atoms with E-state index in [-0.39, 0.29) is 18.4 Å². The van der Waals surface area contributed by atoms with Crippen LogP contribution in [0, 0.1) is 6.92 Å². The number of nitrogens with one attached hydrogen (secondary N) is 1. The van der Waals surface area contributed by atoms with Crippen LogP contribution in [0.15, 0.2) is 36.7 Å². The minimum Gasteiger partial charge on any atom is -0.325 e. The van der Waals surface area contributed by atoms with Crippen LogP contribution in [0.4, 0.5) is 5.69 Å². The molecule has 0 spiro atoms. The van der Waals surface area contributed by atoms with E-state index >= 15 is 0 Å². The van der Waals surface area contributed by atoms with Crippen molar-refractivity contribution in [2.45, 2.75) is 58.5 Å². The molecule has 1 unspecified atom stereocenters. The summed E-state index contributed by atoms with van der Waals surface area (Å²) in [6, 6.07) is 8.18. The largest absolute Gasteiger partial charge is 0.325 e. The third-order valence-corrected chi connectivity index (χ3v) is 5.35. The molecule has 0 radical (unpaired) electrons. The lowest BCUT2D eigenvalue weighted by Crippen LogP contribution is -2.21. The number of rotatable bonds is 5. The quantitative estimate of drug-likeness (QED) is 0.739. The van der Waals surface area contributed by atoms with Crippen LogP contribution in [0.3, 0.4) is 0 Å². The number of hydrogen-bond donors (Lipinski definition) is 1. The van der Waals surface area contributed by atoms with Crippen LogP contribution in [0.1, 0.15) is 55.1 Å². The van der Waals surface area contributed by atoms with Crippen molar-refractivity contribution in [1.82, 2.24) is 24.3 Å². The average molecular weight is 378 g/mol. The molecule has 3 heterocycles. The number of imidazole rings is 1. The molecule has 0 bridgehead atoms. The first-order valence-corrected chi connectivity index (χ1v) is 9.80. The minimum absolute atomic E-state index is 0.0439. The van der Waals surface area contributed by atoms with E-state index < -0.39 is 0 Å². The Labute approximate surface area is 164 Å². The number of nitrogens with zero attached hydrogens (tertiary/aromatic N) is 5. The molecule has 1 amide bonds. The fourth-order valence-electron chi connectivity index (χ4n) is 3.92. The van der Waals surface area contributed by atoms with Crippen LogP contribution in [0.2, 0.25) is 0 Å². The predicted octanol–water partition coefficient (Wildman–Crippen LogP) is 3.28. The third-order valence-electron chi connectivity index (χ3n) is 5.35. The molecule has 1 aromatic carbocycles. The van der Waals surface area contributed by atoms with Crippen LogP contribution in [0.25, 0.3) is 0 Å². The molecule has 2 aromatic heterocycles. The van der Waals surface area contributed by atoms with E-state index in [0.29, 0.717) is 5.92 Å². The Kier molecular flexibility index (Phi) is 4.98. The molecule has 0 fully saturated rings. The fraction of sp³-hybridized carbons (Fsp3) is 0.429. The lowest BCUT2D eigenvalue weighted by atomic mass is 9.91. The number of carbonyl (C=O) groups is 1. The Morgan fingerprint density at radius 3 is 3.00 bits per heavy atom. The number of anilines is 1. The zero-order valence-electron chi connectivity index (χ0n) is 16.6. The fourth-order valence-corrected chi connectivity index (χ4v) is 3.92. The van der Waals surface area contributed by atoms with E-state index in [1.54, 1.807) is 6.20 Å². The maximum atomic E-state index is 12.5. The number of carbonyl (C=O) groups excluding carboxylic acids is 1. The summed E-state index contributed by atoms with van der Waals surface area (Å²) in [7, 11) is 0. The highest BCUT2D eigenvalue weighted by molar-refractivity contribution is 5.90. The average Bonchev–Trinajstić information content (AvgIpc) is 3.28. The molecule has 0 aliphatic carbocycles. The summed E-state index contributed by atoms with van der Waals surface area (Å²) in [5.41, 5.74) is 2.07. The second-order valence-electron chi connectivity index (χ2n) is 7.75. The van der Waals surface area contributed by atoms with Gasteiger partial charge >= 0.3 is 0 Å². The van der Waals surface area contributed by atoms with Gasteiger partial charge in [0.1, 0.15) is 24.0 Å². The highest BCUT2D eigenvalue weighted by Crippen LogP contribution is 2.30. The lowest BCUT2D eigenvalue weighted by Gasteiger charge is -2.24. The Bertz CT molecular complexity index is 986. The molecule has 3 aromatic rings. The van der Waals surface area contributed by atoms with Crippen molar-refractivity contribution in [3.63, 3.8) is 0 Å². The predicted molar refractivity (Wildman–Crippen MR) is 107 cm³/mol. The number of hydrogen-bond acceptors (Lipinski definition) is 4. The zero-order valence-corrected chi connectivity index (χ0v) is 16.6. The van der Waals surface area contributed by atoms with Crippen LogP contribution < -0.4 is 5.32 Å². The summed E-state index contributed by atoms with van der Waals surface area (Å²) in [6.07, 6.45) is 5.57.